The number of benzene rings is 1. The van der Waals surface area contributed by atoms with Gasteiger partial charge in [0.2, 0.25) is 0 Å². The van der Waals surface area contributed by atoms with Crippen LogP contribution in [0.4, 0.5) is 0 Å². The normalized spacial score (nSPS) is 17.5. The maximum absolute atomic E-state index is 12.4. The van der Waals surface area contributed by atoms with Crippen LogP contribution in [0.15, 0.2) is 101 Å². The Morgan fingerprint density at radius 3 is 2.39 bits per heavy atom. The molecular formula is C36H48O2. The molecule has 38 heavy (non-hydrogen) atoms. The molecule has 1 unspecified atom stereocenters. The van der Waals surface area contributed by atoms with Crippen molar-refractivity contribution in [1.29, 1.82) is 0 Å². The van der Waals surface area contributed by atoms with Crippen molar-refractivity contribution in [3.05, 3.63) is 106 Å². The Balaban J connectivity index is 1.88. The second kappa shape index (κ2) is 15.3. The highest BCUT2D eigenvalue weighted by Crippen LogP contribution is 2.40. The van der Waals surface area contributed by atoms with Gasteiger partial charge in [-0.25, -0.2) is 4.79 Å². The van der Waals surface area contributed by atoms with Gasteiger partial charge in [0.25, 0.3) is 0 Å². The molecule has 0 bridgehead atoms. The number of ether oxygens (including phenoxy) is 1. The Hall–Kier alpha value is -3.13. The molecule has 1 atom stereocenters. The lowest BCUT2D eigenvalue weighted by Gasteiger charge is -2.32. The van der Waals surface area contributed by atoms with Crippen molar-refractivity contribution in [2.75, 3.05) is 0 Å². The smallest absolute Gasteiger partial charge is 0.336 e. The highest BCUT2D eigenvalue weighted by molar-refractivity contribution is 5.85. The monoisotopic (exact) mass is 512 g/mol. The van der Waals surface area contributed by atoms with E-state index in [1.807, 2.05) is 43.3 Å². The summed E-state index contributed by atoms with van der Waals surface area (Å²) in [5.74, 6) is 0.698. The number of carbonyl (C=O) groups excluding carboxylic acids is 1. The molecule has 2 rings (SSSR count). The first-order valence-electron chi connectivity index (χ1n) is 14.0. The van der Waals surface area contributed by atoms with Gasteiger partial charge >= 0.3 is 5.97 Å². The van der Waals surface area contributed by atoms with E-state index in [0.717, 1.165) is 24.0 Å². The first kappa shape index (κ1) is 31.1. The van der Waals surface area contributed by atoms with Gasteiger partial charge in [-0.05, 0) is 107 Å². The van der Waals surface area contributed by atoms with Gasteiger partial charge in [0.1, 0.15) is 5.75 Å². The highest BCUT2D eigenvalue weighted by atomic mass is 16.5. The van der Waals surface area contributed by atoms with Gasteiger partial charge in [-0.1, -0.05) is 98.2 Å². The van der Waals surface area contributed by atoms with Crippen LogP contribution in [0, 0.1) is 11.3 Å². The van der Waals surface area contributed by atoms with Crippen molar-refractivity contribution in [2.24, 2.45) is 11.3 Å². The molecule has 0 saturated heterocycles. The van der Waals surface area contributed by atoms with E-state index in [0.29, 0.717) is 11.7 Å². The van der Waals surface area contributed by atoms with Crippen LogP contribution in [0.1, 0.15) is 93.1 Å². The fourth-order valence-corrected chi connectivity index (χ4v) is 4.67. The van der Waals surface area contributed by atoms with E-state index in [9.17, 15) is 4.79 Å². The van der Waals surface area contributed by atoms with E-state index in [2.05, 4.69) is 84.9 Å². The van der Waals surface area contributed by atoms with Crippen molar-refractivity contribution in [1.82, 2.24) is 0 Å². The summed E-state index contributed by atoms with van der Waals surface area (Å²) >= 11 is 0. The third kappa shape index (κ3) is 11.5. The van der Waals surface area contributed by atoms with Gasteiger partial charge in [-0.2, -0.15) is 0 Å². The standard InChI is InChI=1S/C36H48O2/c1-27(2)12-9-13-28(3)17-19-32-20-22-33(23-21-32)38-35(37)26-30(5)15-10-14-29(4)18-24-34-31(6)16-11-25-36(34,7)8/h10,12,14-15,17-24,26,28H,9,11,13,16,25H2,1-8H3/b15-10+,19-17+,24-18-,29-14+,30-26-. The first-order valence-corrected chi connectivity index (χ1v) is 14.0. The van der Waals surface area contributed by atoms with E-state index in [-0.39, 0.29) is 11.4 Å². The third-order valence-corrected chi connectivity index (χ3v) is 7.01. The van der Waals surface area contributed by atoms with Crippen LogP contribution in [0.3, 0.4) is 0 Å². The molecule has 1 aliphatic carbocycles. The highest BCUT2D eigenvalue weighted by Gasteiger charge is 2.26. The molecule has 0 heterocycles. The maximum atomic E-state index is 12.4. The van der Waals surface area contributed by atoms with Crippen molar-refractivity contribution in [2.45, 2.75) is 87.5 Å². The Labute approximate surface area is 232 Å². The van der Waals surface area contributed by atoms with Crippen LogP contribution in [0.5, 0.6) is 5.75 Å². The molecule has 2 heteroatoms. The van der Waals surface area contributed by atoms with Crippen LogP contribution in [-0.2, 0) is 4.79 Å². The molecule has 2 nitrogen and oxygen atoms in total. The van der Waals surface area contributed by atoms with Crippen LogP contribution in [-0.4, -0.2) is 5.97 Å². The number of hydrogen-bond donors (Lipinski definition) is 0. The summed E-state index contributed by atoms with van der Waals surface area (Å²) < 4.78 is 5.49. The van der Waals surface area contributed by atoms with E-state index < -0.39 is 0 Å². The van der Waals surface area contributed by atoms with Crippen LogP contribution in [0.2, 0.25) is 0 Å². The molecule has 0 aromatic heterocycles. The minimum atomic E-state index is -0.370. The quantitative estimate of drug-likeness (QED) is 0.0969. The van der Waals surface area contributed by atoms with Gasteiger partial charge in [0.15, 0.2) is 0 Å². The van der Waals surface area contributed by atoms with Crippen LogP contribution >= 0.6 is 0 Å². The van der Waals surface area contributed by atoms with E-state index in [1.165, 1.54) is 47.6 Å². The van der Waals surface area contributed by atoms with Crippen molar-refractivity contribution in [3.8, 4) is 5.75 Å². The van der Waals surface area contributed by atoms with Crippen molar-refractivity contribution >= 4 is 12.0 Å². The predicted molar refractivity (Wildman–Crippen MR) is 165 cm³/mol. The van der Waals surface area contributed by atoms with Crippen molar-refractivity contribution < 1.29 is 9.53 Å². The van der Waals surface area contributed by atoms with Crippen LogP contribution in [0.25, 0.3) is 6.08 Å². The molecule has 1 aromatic carbocycles. The maximum Gasteiger partial charge on any atom is 0.336 e. The van der Waals surface area contributed by atoms with Crippen molar-refractivity contribution in [3.63, 3.8) is 0 Å². The Morgan fingerprint density at radius 2 is 1.74 bits per heavy atom. The zero-order chi connectivity index (χ0) is 28.1. The molecule has 1 aromatic rings. The number of esters is 1. The SMILES string of the molecule is CC(C)=CCCC(C)/C=C/c1ccc(OC(=O)\C=C(C)/C=C/C=C(C)/C=C\C2=C(C)CCCC2(C)C)cc1. The Morgan fingerprint density at radius 1 is 1.03 bits per heavy atom. The molecule has 204 valence electrons. The fraction of sp³-hybridized carbons (Fsp3) is 0.417. The molecule has 0 fully saturated rings. The largest absolute Gasteiger partial charge is 0.423 e. The molecule has 0 N–H and O–H groups in total. The summed E-state index contributed by atoms with van der Waals surface area (Å²) in [5, 5.41) is 0. The third-order valence-electron chi connectivity index (χ3n) is 7.01. The summed E-state index contributed by atoms with van der Waals surface area (Å²) in [6.07, 6.45) is 24.6. The minimum absolute atomic E-state index is 0.245. The molecule has 0 spiro atoms. The molecule has 0 saturated carbocycles. The molecule has 0 aliphatic heterocycles. The lowest BCUT2D eigenvalue weighted by Crippen LogP contribution is -2.19. The zero-order valence-corrected chi connectivity index (χ0v) is 24.9. The van der Waals surface area contributed by atoms with Gasteiger partial charge in [0, 0.05) is 6.08 Å². The lowest BCUT2D eigenvalue weighted by atomic mass is 9.72. The summed E-state index contributed by atoms with van der Waals surface area (Å²) in [4.78, 5) is 12.4. The summed E-state index contributed by atoms with van der Waals surface area (Å²) in [5.41, 5.74) is 7.71. The zero-order valence-electron chi connectivity index (χ0n) is 24.9. The average molecular weight is 513 g/mol. The second-order valence-corrected chi connectivity index (χ2v) is 11.6. The Kier molecular flexibility index (Phi) is 12.5. The predicted octanol–water partition coefficient (Wildman–Crippen LogP) is 10.5. The lowest BCUT2D eigenvalue weighted by molar-refractivity contribution is -0.129. The second-order valence-electron chi connectivity index (χ2n) is 11.6. The van der Waals surface area contributed by atoms with E-state index >= 15 is 0 Å². The van der Waals surface area contributed by atoms with Gasteiger partial charge in [0.05, 0.1) is 0 Å². The molecule has 0 radical (unpaired) electrons. The number of carbonyl (C=O) groups is 1. The molecule has 1 aliphatic rings. The number of rotatable bonds is 11. The Bertz CT molecular complexity index is 1140. The number of allylic oxidation sites excluding steroid dienone is 12. The summed E-state index contributed by atoms with van der Waals surface area (Å²) in [6, 6.07) is 7.64. The minimum Gasteiger partial charge on any atom is -0.423 e. The summed E-state index contributed by atoms with van der Waals surface area (Å²) in [7, 11) is 0. The van der Waals surface area contributed by atoms with E-state index in [1.54, 1.807) is 0 Å². The summed E-state index contributed by atoms with van der Waals surface area (Å²) in [6.45, 7) is 17.4. The van der Waals surface area contributed by atoms with E-state index in [4.69, 9.17) is 4.74 Å². The van der Waals surface area contributed by atoms with Gasteiger partial charge in [-0.3, -0.25) is 0 Å². The molecular weight excluding hydrogens is 464 g/mol. The van der Waals surface area contributed by atoms with Crippen LogP contribution < -0.4 is 4.74 Å². The topological polar surface area (TPSA) is 26.3 Å². The first-order chi connectivity index (χ1) is 18.0. The fourth-order valence-electron chi connectivity index (χ4n) is 4.67. The van der Waals surface area contributed by atoms with Gasteiger partial charge < -0.3 is 4.74 Å². The molecule has 0 amide bonds. The number of hydrogen-bond acceptors (Lipinski definition) is 2. The van der Waals surface area contributed by atoms with Gasteiger partial charge in [-0.15, -0.1) is 0 Å². The average Bonchev–Trinajstić information content (AvgIpc) is 2.82.